The van der Waals surface area contributed by atoms with Crippen LogP contribution in [0.2, 0.25) is 0 Å². The lowest BCUT2D eigenvalue weighted by Gasteiger charge is -2.46. The number of likely N-dealkylation sites (N-methyl/N-ethyl adjacent to an activating group) is 1. The van der Waals surface area contributed by atoms with Gasteiger partial charge in [0.05, 0.1) is 36.9 Å². The first-order valence-corrected chi connectivity index (χ1v) is 17.5. The van der Waals surface area contributed by atoms with E-state index in [-0.39, 0.29) is 49.8 Å². The second-order valence-electron chi connectivity index (χ2n) is 13.8. The molecule has 1 amide bonds. The topological polar surface area (TPSA) is 286 Å². The van der Waals surface area contributed by atoms with Gasteiger partial charge in [0.15, 0.2) is 18.4 Å². The summed E-state index contributed by atoms with van der Waals surface area (Å²) in [5, 5.41) is 80.4. The van der Waals surface area contributed by atoms with Crippen molar-refractivity contribution in [1.82, 2.24) is 16.0 Å². The fraction of sp³-hybridized carbons (Fsp3) is 0.879. The van der Waals surface area contributed by atoms with Gasteiger partial charge >= 0.3 is 0 Å². The molecule has 2 heterocycles. The number of amides is 1. The Kier molecular flexibility index (Phi) is 18.9. The van der Waals surface area contributed by atoms with E-state index in [9.17, 15) is 54.9 Å². The standard InChI is InChI=1S/C33H59N3O15/c1-17(39)9-10-19(36-33(3,4)23(40)12-11-20(34-5)30(46)47)29(45)35-13-7-6-8-14-48-31-18(2)24(41)28(22(16-38)50-31)51-32-27(44)26(43)25(42)21(15-37)49-32/h18-22,24-28,31-32,34,36-38,41-44H,6-16H2,1-5H3,(H,35,45)(H,46,47)/p-1/t18?,19?,20?,21?,22?,24-,25+,26+,27?,28+,31-,32+/m1/s1. The van der Waals surface area contributed by atoms with Gasteiger partial charge in [-0.3, -0.25) is 14.9 Å². The maximum Gasteiger partial charge on any atom is 0.237 e. The van der Waals surface area contributed by atoms with E-state index in [4.69, 9.17) is 18.9 Å². The Morgan fingerprint density at radius 2 is 1.47 bits per heavy atom. The summed E-state index contributed by atoms with van der Waals surface area (Å²) in [4.78, 5) is 48.8. The molecule has 296 valence electrons. The highest BCUT2D eigenvalue weighted by atomic mass is 16.7. The van der Waals surface area contributed by atoms with Crippen LogP contribution >= 0.6 is 0 Å². The molecule has 0 aromatic rings. The molecule has 51 heavy (non-hydrogen) atoms. The van der Waals surface area contributed by atoms with Crippen LogP contribution in [0.25, 0.3) is 0 Å². The van der Waals surface area contributed by atoms with Crippen LogP contribution < -0.4 is 21.1 Å². The molecule has 0 saturated carbocycles. The van der Waals surface area contributed by atoms with Crippen molar-refractivity contribution in [3.8, 4) is 0 Å². The largest absolute Gasteiger partial charge is 0.548 e. The van der Waals surface area contributed by atoms with Gasteiger partial charge in [-0.2, -0.15) is 0 Å². The lowest BCUT2D eigenvalue weighted by Crippen LogP contribution is -2.63. The zero-order valence-electron chi connectivity index (χ0n) is 30.1. The quantitative estimate of drug-likeness (QED) is 0.0452. The fourth-order valence-electron chi connectivity index (χ4n) is 5.93. The van der Waals surface area contributed by atoms with Gasteiger partial charge in [-0.15, -0.1) is 0 Å². The number of rotatable bonds is 23. The molecular formula is C33H58N3O15-. The number of unbranched alkanes of at least 4 members (excludes halogenated alkanes) is 2. The molecule has 0 spiro atoms. The number of carbonyl (C=O) groups is 4. The maximum atomic E-state index is 13.1. The molecule has 0 aromatic heterocycles. The number of Topliss-reactive ketones (excluding diaryl/α,β-unsaturated/α-hetero) is 2. The number of hydrogen-bond acceptors (Lipinski definition) is 17. The number of aliphatic carboxylic acids is 1. The number of aliphatic hydroxyl groups excluding tert-OH is 6. The number of hydrogen-bond donors (Lipinski definition) is 9. The van der Waals surface area contributed by atoms with Crippen molar-refractivity contribution in [2.24, 2.45) is 5.92 Å². The molecule has 6 unspecified atom stereocenters. The molecule has 2 fully saturated rings. The maximum absolute atomic E-state index is 13.1. The number of carboxylic acids is 1. The Hall–Kier alpha value is -2.20. The van der Waals surface area contributed by atoms with Gasteiger partial charge in [0, 0.05) is 38.0 Å². The summed E-state index contributed by atoms with van der Waals surface area (Å²) in [6.07, 6.45) is -10.2. The minimum absolute atomic E-state index is 0.0195. The average Bonchev–Trinajstić information content (AvgIpc) is 3.08. The summed E-state index contributed by atoms with van der Waals surface area (Å²) in [6.45, 7) is 5.53. The van der Waals surface area contributed by atoms with Crippen molar-refractivity contribution in [2.75, 3.05) is 33.4 Å². The summed E-state index contributed by atoms with van der Waals surface area (Å²) in [5.74, 6) is -2.77. The van der Waals surface area contributed by atoms with E-state index in [0.717, 1.165) is 0 Å². The van der Waals surface area contributed by atoms with E-state index in [1.165, 1.54) is 14.0 Å². The molecule has 0 aliphatic carbocycles. The smallest absolute Gasteiger partial charge is 0.237 e. The van der Waals surface area contributed by atoms with Gasteiger partial charge in [0.2, 0.25) is 5.91 Å². The van der Waals surface area contributed by atoms with Crippen LogP contribution in [-0.4, -0.2) is 160 Å². The highest BCUT2D eigenvalue weighted by molar-refractivity contribution is 5.90. The van der Waals surface area contributed by atoms with Gasteiger partial charge in [0.25, 0.3) is 0 Å². The zero-order valence-corrected chi connectivity index (χ0v) is 30.1. The third-order valence-electron chi connectivity index (χ3n) is 9.33. The Morgan fingerprint density at radius 1 is 0.843 bits per heavy atom. The molecule has 18 heteroatoms. The summed E-state index contributed by atoms with van der Waals surface area (Å²) in [7, 11) is 1.46. The van der Waals surface area contributed by atoms with E-state index in [0.29, 0.717) is 25.8 Å². The van der Waals surface area contributed by atoms with E-state index in [2.05, 4.69) is 16.0 Å². The van der Waals surface area contributed by atoms with Crippen molar-refractivity contribution in [2.45, 2.75) is 146 Å². The van der Waals surface area contributed by atoms with Crippen molar-refractivity contribution in [3.05, 3.63) is 0 Å². The molecule has 0 aromatic carbocycles. The first-order valence-electron chi connectivity index (χ1n) is 17.5. The number of ether oxygens (including phenoxy) is 4. The van der Waals surface area contributed by atoms with E-state index in [1.54, 1.807) is 20.8 Å². The summed E-state index contributed by atoms with van der Waals surface area (Å²) in [5.41, 5.74) is -1.17. The van der Waals surface area contributed by atoms with E-state index < -0.39 is 98.0 Å². The van der Waals surface area contributed by atoms with Crippen LogP contribution in [-0.2, 0) is 38.1 Å². The summed E-state index contributed by atoms with van der Waals surface area (Å²) < 4.78 is 22.7. The summed E-state index contributed by atoms with van der Waals surface area (Å²) >= 11 is 0. The van der Waals surface area contributed by atoms with Crippen molar-refractivity contribution >= 4 is 23.4 Å². The first kappa shape index (κ1) is 45.0. The predicted octanol–water partition coefficient (Wildman–Crippen LogP) is -4.02. The van der Waals surface area contributed by atoms with Crippen LogP contribution in [0, 0.1) is 5.92 Å². The van der Waals surface area contributed by atoms with Crippen LogP contribution in [0.15, 0.2) is 0 Å². The molecule has 2 rings (SSSR count). The minimum atomic E-state index is -1.70. The molecule has 0 radical (unpaired) electrons. The molecule has 0 bridgehead atoms. The van der Waals surface area contributed by atoms with Crippen molar-refractivity contribution in [3.63, 3.8) is 0 Å². The monoisotopic (exact) mass is 736 g/mol. The minimum Gasteiger partial charge on any atom is -0.548 e. The highest BCUT2D eigenvalue weighted by Crippen LogP contribution is 2.32. The zero-order chi connectivity index (χ0) is 38.5. The lowest BCUT2D eigenvalue weighted by molar-refractivity contribution is -0.353. The fourth-order valence-corrected chi connectivity index (χ4v) is 5.93. The van der Waals surface area contributed by atoms with Crippen molar-refractivity contribution in [1.29, 1.82) is 0 Å². The normalized spacial score (nSPS) is 31.1. The third kappa shape index (κ3) is 13.3. The van der Waals surface area contributed by atoms with Crippen molar-refractivity contribution < 1.29 is 73.9 Å². The second-order valence-corrected chi connectivity index (χ2v) is 13.8. The number of ketones is 2. The van der Waals surface area contributed by atoms with Crippen LogP contribution in [0.1, 0.15) is 72.6 Å². The average molecular weight is 737 g/mol. The second kappa shape index (κ2) is 21.5. The van der Waals surface area contributed by atoms with Crippen LogP contribution in [0.4, 0.5) is 0 Å². The molecule has 2 saturated heterocycles. The molecule has 2 aliphatic heterocycles. The van der Waals surface area contributed by atoms with Gasteiger partial charge in [-0.25, -0.2) is 0 Å². The Morgan fingerprint density at radius 3 is 2.06 bits per heavy atom. The summed E-state index contributed by atoms with van der Waals surface area (Å²) in [6, 6.07) is -1.84. The molecule has 18 nitrogen and oxygen atoms in total. The molecule has 12 atom stereocenters. The molecular weight excluding hydrogens is 678 g/mol. The third-order valence-corrected chi connectivity index (χ3v) is 9.33. The van der Waals surface area contributed by atoms with E-state index in [1.807, 2.05) is 0 Å². The van der Waals surface area contributed by atoms with E-state index >= 15 is 0 Å². The molecule has 2 aliphatic rings. The number of aliphatic hydroxyl groups is 6. The first-order chi connectivity index (χ1) is 24.0. The van der Waals surface area contributed by atoms with Gasteiger partial charge in [0.1, 0.15) is 42.4 Å². The highest BCUT2D eigenvalue weighted by Gasteiger charge is 2.50. The van der Waals surface area contributed by atoms with Gasteiger partial charge in [-0.1, -0.05) is 6.92 Å². The van der Waals surface area contributed by atoms with Gasteiger partial charge in [-0.05, 0) is 59.9 Å². The number of carbonyl (C=O) groups excluding carboxylic acids is 4. The van der Waals surface area contributed by atoms with Crippen LogP contribution in [0.5, 0.6) is 0 Å². The molecule has 9 N–H and O–H groups in total. The van der Waals surface area contributed by atoms with Gasteiger partial charge < -0.3 is 74.9 Å². The van der Waals surface area contributed by atoms with Crippen LogP contribution in [0.3, 0.4) is 0 Å². The Bertz CT molecular complexity index is 1110. The number of carboxylic acid groups (broad SMARTS) is 1. The SMILES string of the molecule is CNC(CCC(=O)C(C)(C)NC(CCC(C)=O)C(=O)NCCCCCO[C@@H]1OC(CO)[C@H](O[C@@H]2OC(CO)[C@H](O)[C@H](O)C2O)[C@H](O)C1C)C(=O)[O-]. The number of nitrogens with one attached hydrogen (secondary N) is 3. The Labute approximate surface area is 298 Å². The predicted molar refractivity (Wildman–Crippen MR) is 175 cm³/mol. The Balaban J connectivity index is 1.82. The lowest BCUT2D eigenvalue weighted by atomic mass is 9.92.